The van der Waals surface area contributed by atoms with Crippen molar-refractivity contribution in [3.63, 3.8) is 0 Å². The van der Waals surface area contributed by atoms with E-state index in [0.717, 1.165) is 0 Å². The number of nitriles is 1. The summed E-state index contributed by atoms with van der Waals surface area (Å²) in [5.74, 6) is 0. The van der Waals surface area contributed by atoms with Crippen molar-refractivity contribution in [3.05, 3.63) is 0 Å². The van der Waals surface area contributed by atoms with E-state index in [-0.39, 0.29) is 13.0 Å². The van der Waals surface area contributed by atoms with Crippen LogP contribution in [0.2, 0.25) is 0 Å². The highest BCUT2D eigenvalue weighted by Crippen LogP contribution is 2.04. The van der Waals surface area contributed by atoms with E-state index in [9.17, 15) is 12.9 Å². The molecule has 0 aliphatic heterocycles. The largest absolute Gasteiger partial charge is 0.491 e. The van der Waals surface area contributed by atoms with Gasteiger partial charge < -0.3 is 18.3 Å². The Morgan fingerprint density at radius 3 is 2.40 bits per heavy atom. The van der Waals surface area contributed by atoms with Crippen molar-refractivity contribution in [2.24, 2.45) is 0 Å². The number of halogens is 3. The maximum atomic E-state index is 11.4. The van der Waals surface area contributed by atoms with Crippen LogP contribution in [0.4, 0.5) is 12.9 Å². The van der Waals surface area contributed by atoms with E-state index in [1.807, 2.05) is 0 Å². The fourth-order valence-electron chi connectivity index (χ4n) is 0.410. The molecular formula is C4H7BF3N2-. The van der Waals surface area contributed by atoms with Gasteiger partial charge in [0, 0.05) is 13.0 Å². The predicted molar refractivity (Wildman–Crippen MR) is 32.2 cm³/mol. The standard InChI is InChI=1S/C4H7BF3N2/c6-5(7,8)4-10-3-1-2-9/h10H,1,3-4H2/q-1. The lowest BCUT2D eigenvalue weighted by molar-refractivity contribution is 0.457. The summed E-state index contributed by atoms with van der Waals surface area (Å²) in [6.07, 6.45) is -0.839. The molecule has 0 aliphatic rings. The highest BCUT2D eigenvalue weighted by Gasteiger charge is 2.21. The van der Waals surface area contributed by atoms with Gasteiger partial charge in [0.15, 0.2) is 0 Å². The van der Waals surface area contributed by atoms with Crippen molar-refractivity contribution in [1.82, 2.24) is 5.32 Å². The van der Waals surface area contributed by atoms with Gasteiger partial charge in [0.25, 0.3) is 0 Å². The van der Waals surface area contributed by atoms with E-state index in [1.54, 1.807) is 6.07 Å². The molecule has 0 radical (unpaired) electrons. The average molecular weight is 151 g/mol. The molecule has 0 aliphatic carbocycles. The zero-order valence-corrected chi connectivity index (χ0v) is 5.28. The normalized spacial score (nSPS) is 11.0. The smallest absolute Gasteiger partial charge is 0.448 e. The lowest BCUT2D eigenvalue weighted by Crippen LogP contribution is -2.34. The molecule has 0 rings (SSSR count). The van der Waals surface area contributed by atoms with Gasteiger partial charge >= 0.3 is 6.98 Å². The van der Waals surface area contributed by atoms with Gasteiger partial charge in [-0.1, -0.05) is 0 Å². The summed E-state index contributed by atoms with van der Waals surface area (Å²) in [6, 6.07) is 1.73. The highest BCUT2D eigenvalue weighted by molar-refractivity contribution is 6.58. The lowest BCUT2D eigenvalue weighted by Gasteiger charge is -2.12. The Hall–Kier alpha value is -0.695. The Labute approximate surface area is 57.1 Å². The molecule has 0 atom stereocenters. The minimum atomic E-state index is -4.74. The third-order valence-corrected chi connectivity index (χ3v) is 0.789. The molecule has 0 bridgehead atoms. The Balaban J connectivity index is 3.14. The molecular weight excluding hydrogens is 144 g/mol. The Kier molecular flexibility index (Phi) is 3.88. The van der Waals surface area contributed by atoms with E-state index in [2.05, 4.69) is 5.32 Å². The summed E-state index contributed by atoms with van der Waals surface area (Å²) >= 11 is 0. The monoisotopic (exact) mass is 151 g/mol. The van der Waals surface area contributed by atoms with E-state index in [4.69, 9.17) is 5.26 Å². The molecule has 0 saturated heterocycles. The molecule has 58 valence electrons. The van der Waals surface area contributed by atoms with Gasteiger partial charge in [-0.2, -0.15) is 5.26 Å². The van der Waals surface area contributed by atoms with Crippen molar-refractivity contribution in [3.8, 4) is 6.07 Å². The molecule has 0 aromatic heterocycles. The summed E-state index contributed by atoms with van der Waals surface area (Å²) in [4.78, 5) is 0. The van der Waals surface area contributed by atoms with Gasteiger partial charge in [-0.25, -0.2) is 0 Å². The summed E-state index contributed by atoms with van der Waals surface area (Å²) in [7, 11) is 0. The first-order valence-electron chi connectivity index (χ1n) is 2.85. The molecule has 0 aromatic carbocycles. The molecule has 1 N–H and O–H groups in total. The van der Waals surface area contributed by atoms with Crippen molar-refractivity contribution < 1.29 is 12.9 Å². The predicted octanol–water partition coefficient (Wildman–Crippen LogP) is 0.876. The first-order chi connectivity index (χ1) is 4.56. The number of nitrogens with one attached hydrogen (secondary N) is 1. The summed E-state index contributed by atoms with van der Waals surface area (Å²) in [5.41, 5.74) is 0. The molecule has 0 amide bonds. The van der Waals surface area contributed by atoms with Gasteiger partial charge in [0.05, 0.1) is 6.07 Å². The minimum absolute atomic E-state index is 0.109. The first-order valence-corrected chi connectivity index (χ1v) is 2.85. The van der Waals surface area contributed by atoms with E-state index in [0.29, 0.717) is 0 Å². The van der Waals surface area contributed by atoms with Crippen LogP contribution in [0.5, 0.6) is 0 Å². The van der Waals surface area contributed by atoms with Gasteiger partial charge in [-0.3, -0.25) is 0 Å². The molecule has 6 heteroatoms. The zero-order chi connectivity index (χ0) is 8.04. The number of rotatable bonds is 4. The van der Waals surface area contributed by atoms with Gasteiger partial charge in [0.2, 0.25) is 0 Å². The minimum Gasteiger partial charge on any atom is -0.448 e. The fraction of sp³-hybridized carbons (Fsp3) is 0.750. The summed E-state index contributed by atoms with van der Waals surface area (Å²) in [5, 5.41) is 10.0. The van der Waals surface area contributed by atoms with Crippen LogP contribution in [-0.2, 0) is 0 Å². The second kappa shape index (κ2) is 4.17. The van der Waals surface area contributed by atoms with Crippen molar-refractivity contribution >= 4 is 6.98 Å². The fourth-order valence-corrected chi connectivity index (χ4v) is 0.410. The Bertz CT molecular complexity index is 127. The average Bonchev–Trinajstić information content (AvgIpc) is 1.78. The van der Waals surface area contributed by atoms with Crippen LogP contribution in [0.1, 0.15) is 6.42 Å². The molecule has 0 aromatic rings. The van der Waals surface area contributed by atoms with E-state index < -0.39 is 13.4 Å². The van der Waals surface area contributed by atoms with Crippen LogP contribution >= 0.6 is 0 Å². The van der Waals surface area contributed by atoms with E-state index >= 15 is 0 Å². The van der Waals surface area contributed by atoms with Crippen LogP contribution in [-0.4, -0.2) is 20.0 Å². The van der Waals surface area contributed by atoms with Crippen LogP contribution in [0.3, 0.4) is 0 Å². The molecule has 0 fully saturated rings. The molecule has 0 heterocycles. The van der Waals surface area contributed by atoms with Crippen molar-refractivity contribution in [2.45, 2.75) is 6.42 Å². The van der Waals surface area contributed by atoms with E-state index in [1.165, 1.54) is 0 Å². The quantitative estimate of drug-likeness (QED) is 0.478. The third-order valence-electron chi connectivity index (χ3n) is 0.789. The second-order valence-electron chi connectivity index (χ2n) is 1.82. The van der Waals surface area contributed by atoms with Crippen LogP contribution < -0.4 is 5.32 Å². The number of nitrogens with zero attached hydrogens (tertiary/aromatic N) is 1. The molecule has 10 heavy (non-hydrogen) atoms. The van der Waals surface area contributed by atoms with Crippen molar-refractivity contribution in [1.29, 1.82) is 5.26 Å². The van der Waals surface area contributed by atoms with Crippen LogP contribution in [0.25, 0.3) is 0 Å². The van der Waals surface area contributed by atoms with Gasteiger partial charge in [-0.05, 0) is 6.44 Å². The van der Waals surface area contributed by atoms with Crippen LogP contribution in [0, 0.1) is 11.3 Å². The molecule has 2 nitrogen and oxygen atoms in total. The molecule has 0 saturated carbocycles. The number of hydrogen-bond donors (Lipinski definition) is 1. The van der Waals surface area contributed by atoms with Gasteiger partial charge in [0.1, 0.15) is 0 Å². The Morgan fingerprint density at radius 1 is 1.40 bits per heavy atom. The maximum absolute atomic E-state index is 11.4. The summed E-state index contributed by atoms with van der Waals surface area (Å²) < 4.78 is 34.2. The number of hydrogen-bond acceptors (Lipinski definition) is 2. The topological polar surface area (TPSA) is 35.8 Å². The third kappa shape index (κ3) is 7.30. The zero-order valence-electron chi connectivity index (χ0n) is 5.28. The SMILES string of the molecule is N#CCCNC[B-](F)(F)F. The molecule has 0 unspecified atom stereocenters. The Morgan fingerprint density at radius 2 is 2.00 bits per heavy atom. The summed E-state index contributed by atoms with van der Waals surface area (Å²) in [6.45, 7) is -4.63. The maximum Gasteiger partial charge on any atom is 0.491 e. The van der Waals surface area contributed by atoms with Gasteiger partial charge in [-0.15, -0.1) is 0 Å². The van der Waals surface area contributed by atoms with Crippen LogP contribution in [0.15, 0.2) is 0 Å². The molecule has 0 spiro atoms. The lowest BCUT2D eigenvalue weighted by atomic mass is 9.92. The highest BCUT2D eigenvalue weighted by atomic mass is 19.4. The second-order valence-corrected chi connectivity index (χ2v) is 1.82. The van der Waals surface area contributed by atoms with Crippen molar-refractivity contribution in [2.75, 3.05) is 13.0 Å². The first kappa shape index (κ1) is 9.30.